The van der Waals surface area contributed by atoms with Crippen LogP contribution in [0.2, 0.25) is 0 Å². The Kier molecular flexibility index (Phi) is 3.69. The Morgan fingerprint density at radius 1 is 1.47 bits per heavy atom. The minimum Gasteiger partial charge on any atom is -0.480 e. The van der Waals surface area contributed by atoms with E-state index in [0.29, 0.717) is 18.2 Å². The summed E-state index contributed by atoms with van der Waals surface area (Å²) in [7, 11) is 0. The fraction of sp³-hybridized carbons (Fsp3) is 0.462. The Hall–Kier alpha value is -2.11. The number of amides is 1. The van der Waals surface area contributed by atoms with Crippen LogP contribution in [0.5, 0.6) is 0 Å². The van der Waals surface area contributed by atoms with Crippen molar-refractivity contribution in [2.24, 2.45) is 5.92 Å². The van der Waals surface area contributed by atoms with Crippen LogP contribution in [0.25, 0.3) is 0 Å². The zero-order chi connectivity index (χ0) is 14.0. The third-order valence-electron chi connectivity index (χ3n) is 3.08. The van der Waals surface area contributed by atoms with Crippen molar-refractivity contribution in [1.82, 2.24) is 9.88 Å². The Labute approximate surface area is 110 Å². The van der Waals surface area contributed by atoms with Crippen molar-refractivity contribution in [2.45, 2.75) is 19.8 Å². The van der Waals surface area contributed by atoms with E-state index in [1.807, 2.05) is 0 Å². The van der Waals surface area contributed by atoms with Crippen molar-refractivity contribution in [2.75, 3.05) is 13.1 Å². The van der Waals surface area contributed by atoms with Crippen LogP contribution >= 0.6 is 0 Å². The predicted octanol–water partition coefficient (Wildman–Crippen LogP) is 0.620. The summed E-state index contributed by atoms with van der Waals surface area (Å²) in [6.45, 7) is 1.75. The maximum atomic E-state index is 12.2. The molecule has 1 aromatic rings. The second kappa shape index (κ2) is 5.26. The molecule has 0 aromatic carbocycles. The summed E-state index contributed by atoms with van der Waals surface area (Å²) in [5.74, 6) is -1.22. The minimum atomic E-state index is -1.07. The Morgan fingerprint density at radius 2 is 2.16 bits per heavy atom. The number of aromatic amines is 1. The molecule has 0 saturated heterocycles. The Bertz CT molecular complexity index is 560. The maximum Gasteiger partial charge on any atom is 0.323 e. The molecular weight excluding hydrogens is 248 g/mol. The van der Waals surface area contributed by atoms with Gasteiger partial charge in [0.05, 0.1) is 0 Å². The number of carboxylic acid groups (broad SMARTS) is 1. The lowest BCUT2D eigenvalue weighted by atomic mass is 10.2. The van der Waals surface area contributed by atoms with Gasteiger partial charge < -0.3 is 15.0 Å². The summed E-state index contributed by atoms with van der Waals surface area (Å²) < 4.78 is 0. The van der Waals surface area contributed by atoms with E-state index in [2.05, 4.69) is 4.98 Å². The van der Waals surface area contributed by atoms with E-state index in [1.54, 1.807) is 6.92 Å². The lowest BCUT2D eigenvalue weighted by Gasteiger charge is -2.20. The molecular formula is C13H16N2O4. The number of hydrogen-bond acceptors (Lipinski definition) is 3. The molecule has 1 aliphatic rings. The molecule has 0 unspecified atom stereocenters. The van der Waals surface area contributed by atoms with Crippen molar-refractivity contribution in [3.63, 3.8) is 0 Å². The molecule has 19 heavy (non-hydrogen) atoms. The number of H-pyrrole nitrogens is 1. The molecule has 0 radical (unpaired) electrons. The molecule has 1 saturated carbocycles. The van der Waals surface area contributed by atoms with E-state index in [1.165, 1.54) is 17.2 Å². The van der Waals surface area contributed by atoms with Gasteiger partial charge in [0.2, 0.25) is 0 Å². The van der Waals surface area contributed by atoms with Gasteiger partial charge in [-0.05, 0) is 25.7 Å². The monoisotopic (exact) mass is 264 g/mol. The second-order valence-corrected chi connectivity index (χ2v) is 4.92. The summed E-state index contributed by atoms with van der Waals surface area (Å²) in [4.78, 5) is 38.8. The smallest absolute Gasteiger partial charge is 0.323 e. The van der Waals surface area contributed by atoms with Crippen LogP contribution in [0, 0.1) is 12.8 Å². The Morgan fingerprint density at radius 3 is 2.68 bits per heavy atom. The molecule has 6 nitrogen and oxygen atoms in total. The van der Waals surface area contributed by atoms with Crippen molar-refractivity contribution in [3.8, 4) is 0 Å². The number of aliphatic carboxylic acids is 1. The van der Waals surface area contributed by atoms with Crippen LogP contribution in [0.3, 0.4) is 0 Å². The van der Waals surface area contributed by atoms with Crippen LogP contribution in [-0.2, 0) is 4.79 Å². The summed E-state index contributed by atoms with van der Waals surface area (Å²) in [6, 6.07) is 1.34. The summed E-state index contributed by atoms with van der Waals surface area (Å²) in [5, 5.41) is 8.85. The van der Waals surface area contributed by atoms with Crippen molar-refractivity contribution >= 4 is 11.9 Å². The van der Waals surface area contributed by atoms with E-state index in [-0.39, 0.29) is 17.5 Å². The highest BCUT2D eigenvalue weighted by atomic mass is 16.4. The van der Waals surface area contributed by atoms with E-state index in [4.69, 9.17) is 5.11 Å². The number of carboxylic acids is 1. The van der Waals surface area contributed by atoms with Crippen LogP contribution in [0.4, 0.5) is 0 Å². The highest BCUT2D eigenvalue weighted by Gasteiger charge is 2.29. The normalized spacial score (nSPS) is 14.2. The molecule has 6 heteroatoms. The molecule has 1 aromatic heterocycles. The van der Waals surface area contributed by atoms with Crippen LogP contribution in [0.1, 0.15) is 28.9 Å². The lowest BCUT2D eigenvalue weighted by Crippen LogP contribution is -2.39. The molecule has 0 atom stereocenters. The van der Waals surface area contributed by atoms with Crippen molar-refractivity contribution in [3.05, 3.63) is 33.7 Å². The number of aryl methyl sites for hydroxylation is 1. The van der Waals surface area contributed by atoms with E-state index < -0.39 is 11.9 Å². The number of pyridine rings is 1. The SMILES string of the molecule is Cc1cc(=O)c(C(=O)N(CC(=O)O)CC2CC2)c[nH]1. The summed E-state index contributed by atoms with van der Waals surface area (Å²) in [6.07, 6.45) is 3.36. The fourth-order valence-corrected chi connectivity index (χ4v) is 1.91. The number of carbonyl (C=O) groups excluding carboxylic acids is 1. The highest BCUT2D eigenvalue weighted by Crippen LogP contribution is 2.29. The van der Waals surface area contributed by atoms with Gasteiger partial charge in [-0.1, -0.05) is 0 Å². The van der Waals surface area contributed by atoms with E-state index in [9.17, 15) is 14.4 Å². The maximum absolute atomic E-state index is 12.2. The first-order chi connectivity index (χ1) is 8.97. The second-order valence-electron chi connectivity index (χ2n) is 4.92. The van der Waals surface area contributed by atoms with Crippen molar-refractivity contribution in [1.29, 1.82) is 0 Å². The number of rotatable bonds is 5. The molecule has 0 bridgehead atoms. The number of nitrogens with one attached hydrogen (secondary N) is 1. The standard InChI is InChI=1S/C13H16N2O4/c1-8-4-11(16)10(5-14-8)13(19)15(7-12(17)18)6-9-2-3-9/h4-5,9H,2-3,6-7H2,1H3,(H,14,16)(H,17,18). The van der Waals surface area contributed by atoms with Crippen LogP contribution in [0.15, 0.2) is 17.1 Å². The molecule has 102 valence electrons. The van der Waals surface area contributed by atoms with Gasteiger partial charge in [0.1, 0.15) is 12.1 Å². The van der Waals surface area contributed by atoms with Gasteiger partial charge in [0.15, 0.2) is 5.43 Å². The van der Waals surface area contributed by atoms with E-state index in [0.717, 1.165) is 12.8 Å². The Balaban J connectivity index is 2.21. The third-order valence-corrected chi connectivity index (χ3v) is 3.08. The quantitative estimate of drug-likeness (QED) is 0.815. The van der Waals surface area contributed by atoms with Crippen LogP contribution in [-0.4, -0.2) is 40.0 Å². The minimum absolute atomic E-state index is 0.00694. The lowest BCUT2D eigenvalue weighted by molar-refractivity contribution is -0.137. The summed E-state index contributed by atoms with van der Waals surface area (Å²) >= 11 is 0. The van der Waals surface area contributed by atoms with Gasteiger partial charge in [-0.2, -0.15) is 0 Å². The van der Waals surface area contributed by atoms with Gasteiger partial charge >= 0.3 is 5.97 Å². The zero-order valence-corrected chi connectivity index (χ0v) is 10.7. The topological polar surface area (TPSA) is 90.5 Å². The van der Waals surface area contributed by atoms with Crippen molar-refractivity contribution < 1.29 is 14.7 Å². The first-order valence-electron chi connectivity index (χ1n) is 6.18. The highest BCUT2D eigenvalue weighted by molar-refractivity contribution is 5.95. The molecule has 1 aliphatic carbocycles. The van der Waals surface area contributed by atoms with Gasteiger partial charge in [-0.25, -0.2) is 0 Å². The first kappa shape index (κ1) is 13.3. The predicted molar refractivity (Wildman–Crippen MR) is 68.1 cm³/mol. The largest absolute Gasteiger partial charge is 0.480 e. The number of carbonyl (C=O) groups is 2. The van der Waals surface area contributed by atoms with Gasteiger partial charge in [-0.3, -0.25) is 14.4 Å². The average molecular weight is 264 g/mol. The number of aromatic nitrogens is 1. The third kappa shape index (κ3) is 3.43. The van der Waals surface area contributed by atoms with E-state index >= 15 is 0 Å². The zero-order valence-electron chi connectivity index (χ0n) is 10.7. The van der Waals surface area contributed by atoms with Crippen LogP contribution < -0.4 is 5.43 Å². The molecule has 1 amide bonds. The fourth-order valence-electron chi connectivity index (χ4n) is 1.91. The molecule has 0 spiro atoms. The molecule has 2 N–H and O–H groups in total. The van der Waals surface area contributed by atoms with Gasteiger partial charge in [-0.15, -0.1) is 0 Å². The molecule has 1 heterocycles. The molecule has 1 fully saturated rings. The van der Waals surface area contributed by atoms with Gasteiger partial charge in [0, 0.05) is 24.5 Å². The average Bonchev–Trinajstić information content (AvgIpc) is 3.10. The summed E-state index contributed by atoms with van der Waals surface area (Å²) in [5.41, 5.74) is 0.272. The first-order valence-corrected chi connectivity index (χ1v) is 6.18. The van der Waals surface area contributed by atoms with Gasteiger partial charge in [0.25, 0.3) is 5.91 Å². The molecule has 0 aliphatic heterocycles. The number of hydrogen-bond donors (Lipinski definition) is 2. The molecule has 2 rings (SSSR count). The number of nitrogens with zero attached hydrogens (tertiary/aromatic N) is 1.